The number of hydrogen-bond acceptors (Lipinski definition) is 2. The van der Waals surface area contributed by atoms with Crippen LogP contribution >= 0.6 is 0 Å². The summed E-state index contributed by atoms with van der Waals surface area (Å²) in [5, 5.41) is 0. The summed E-state index contributed by atoms with van der Waals surface area (Å²) in [6, 6.07) is 11.6. The van der Waals surface area contributed by atoms with Gasteiger partial charge in [0, 0.05) is 25.6 Å². The number of hydrogen-bond donors (Lipinski definition) is 0. The summed E-state index contributed by atoms with van der Waals surface area (Å²) in [4.78, 5) is 17.0. The summed E-state index contributed by atoms with van der Waals surface area (Å²) in [7, 11) is 2.24. The first-order valence-electron chi connectivity index (χ1n) is 8.59. The van der Waals surface area contributed by atoms with Gasteiger partial charge in [-0.15, -0.1) is 0 Å². The van der Waals surface area contributed by atoms with E-state index in [2.05, 4.69) is 54.1 Å². The minimum absolute atomic E-state index is 0.0402. The van der Waals surface area contributed by atoms with E-state index < -0.39 is 0 Å². The molecule has 22 heavy (non-hydrogen) atoms. The fourth-order valence-corrected chi connectivity index (χ4v) is 4.72. The van der Waals surface area contributed by atoms with Crippen LogP contribution in [0.1, 0.15) is 57.6 Å². The summed E-state index contributed by atoms with van der Waals surface area (Å²) in [5.41, 5.74) is 1.34. The molecule has 2 aliphatic heterocycles. The average Bonchev–Trinajstić information content (AvgIpc) is 2.73. The van der Waals surface area contributed by atoms with Gasteiger partial charge in [0.1, 0.15) is 0 Å². The van der Waals surface area contributed by atoms with Crippen molar-refractivity contribution < 1.29 is 4.79 Å². The number of carbonyl (C=O) groups is 1. The first-order valence-corrected chi connectivity index (χ1v) is 8.59. The average molecular weight is 300 g/mol. The highest BCUT2D eigenvalue weighted by Crippen LogP contribution is 2.47. The summed E-state index contributed by atoms with van der Waals surface area (Å²) >= 11 is 0. The van der Waals surface area contributed by atoms with Gasteiger partial charge in [0.2, 0.25) is 5.91 Å². The Labute approximate surface area is 134 Å². The molecule has 3 atom stereocenters. The van der Waals surface area contributed by atoms with Gasteiger partial charge >= 0.3 is 0 Å². The van der Waals surface area contributed by atoms with Crippen LogP contribution in [0, 0.1) is 0 Å². The molecule has 2 saturated heterocycles. The molecule has 3 heteroatoms. The van der Waals surface area contributed by atoms with Crippen molar-refractivity contribution in [1.82, 2.24) is 9.80 Å². The van der Waals surface area contributed by atoms with Gasteiger partial charge in [0.15, 0.2) is 0 Å². The molecule has 3 rings (SSSR count). The quantitative estimate of drug-likeness (QED) is 0.791. The molecule has 1 amide bonds. The predicted molar refractivity (Wildman–Crippen MR) is 89.6 cm³/mol. The number of amides is 1. The Balaban J connectivity index is 1.96. The van der Waals surface area contributed by atoms with Crippen LogP contribution in [0.3, 0.4) is 0 Å². The Kier molecular flexibility index (Phi) is 4.26. The molecule has 2 aliphatic rings. The van der Waals surface area contributed by atoms with Crippen molar-refractivity contribution in [3.05, 3.63) is 35.9 Å². The lowest BCUT2D eigenvalue weighted by Gasteiger charge is -2.45. The fourth-order valence-electron chi connectivity index (χ4n) is 4.72. The van der Waals surface area contributed by atoms with E-state index >= 15 is 0 Å². The van der Waals surface area contributed by atoms with E-state index in [0.717, 1.165) is 19.4 Å². The van der Waals surface area contributed by atoms with Crippen LogP contribution in [-0.4, -0.2) is 40.9 Å². The van der Waals surface area contributed by atoms with Gasteiger partial charge in [0.05, 0.1) is 5.54 Å². The van der Waals surface area contributed by atoms with Crippen molar-refractivity contribution in [2.24, 2.45) is 0 Å². The second kappa shape index (κ2) is 6.04. The Morgan fingerprint density at radius 1 is 1.18 bits per heavy atom. The van der Waals surface area contributed by atoms with Crippen LogP contribution in [0.4, 0.5) is 0 Å². The molecule has 1 aromatic carbocycles. The van der Waals surface area contributed by atoms with Crippen molar-refractivity contribution in [3.63, 3.8) is 0 Å². The van der Waals surface area contributed by atoms with E-state index in [9.17, 15) is 4.79 Å². The number of likely N-dealkylation sites (N-methyl/N-ethyl adjacent to an activating group) is 1. The standard InChI is InChI=1S/C19H28N2O/c1-15(22)21-13-9-5-8-12-18-19(21,2)14-17(20(18)3)16-10-6-4-7-11-16/h4,6-7,10-11,17-18H,5,8-9,12-14H2,1-3H3/t17-,18-,19-/m0/s1. The Morgan fingerprint density at radius 2 is 1.91 bits per heavy atom. The lowest BCUT2D eigenvalue weighted by atomic mass is 9.83. The van der Waals surface area contributed by atoms with Crippen molar-refractivity contribution in [2.75, 3.05) is 13.6 Å². The van der Waals surface area contributed by atoms with Gasteiger partial charge in [-0.3, -0.25) is 9.69 Å². The molecule has 0 N–H and O–H groups in total. The molecule has 1 aromatic rings. The van der Waals surface area contributed by atoms with Crippen molar-refractivity contribution in [2.45, 2.75) is 63.6 Å². The Bertz CT molecular complexity index is 529. The minimum atomic E-state index is -0.0402. The van der Waals surface area contributed by atoms with Crippen molar-refractivity contribution in [1.29, 1.82) is 0 Å². The van der Waals surface area contributed by atoms with Crippen LogP contribution in [0.15, 0.2) is 30.3 Å². The Hall–Kier alpha value is -1.35. The lowest BCUT2D eigenvalue weighted by Crippen LogP contribution is -2.57. The smallest absolute Gasteiger partial charge is 0.219 e. The molecule has 2 fully saturated rings. The number of benzene rings is 1. The van der Waals surface area contributed by atoms with Gasteiger partial charge in [-0.2, -0.15) is 0 Å². The fraction of sp³-hybridized carbons (Fsp3) is 0.632. The van der Waals surface area contributed by atoms with E-state index in [1.807, 2.05) is 0 Å². The number of nitrogens with zero attached hydrogens (tertiary/aromatic N) is 2. The molecule has 0 aromatic heterocycles. The third-order valence-electron chi connectivity index (χ3n) is 5.85. The van der Waals surface area contributed by atoms with Crippen LogP contribution in [0.5, 0.6) is 0 Å². The maximum Gasteiger partial charge on any atom is 0.219 e. The van der Waals surface area contributed by atoms with Crippen molar-refractivity contribution in [3.8, 4) is 0 Å². The second-order valence-electron chi connectivity index (χ2n) is 7.19. The van der Waals surface area contributed by atoms with Gasteiger partial charge in [-0.25, -0.2) is 0 Å². The zero-order valence-electron chi connectivity index (χ0n) is 14.1. The maximum absolute atomic E-state index is 12.3. The zero-order valence-corrected chi connectivity index (χ0v) is 14.1. The number of rotatable bonds is 1. The van der Waals surface area contributed by atoms with E-state index in [-0.39, 0.29) is 11.4 Å². The Morgan fingerprint density at radius 3 is 2.59 bits per heavy atom. The molecule has 0 saturated carbocycles. The molecule has 0 aliphatic carbocycles. The van der Waals surface area contributed by atoms with Gasteiger partial charge in [0.25, 0.3) is 0 Å². The third kappa shape index (κ3) is 2.56. The van der Waals surface area contributed by atoms with E-state index in [4.69, 9.17) is 0 Å². The largest absolute Gasteiger partial charge is 0.336 e. The molecule has 2 heterocycles. The maximum atomic E-state index is 12.3. The van der Waals surface area contributed by atoms with Gasteiger partial charge < -0.3 is 4.90 Å². The molecule has 0 spiro atoms. The first-order chi connectivity index (χ1) is 10.5. The SMILES string of the molecule is CC(=O)N1CCCCC[C@@H]2N(C)[C@H](c3ccccc3)C[C@@]21C. The molecule has 120 valence electrons. The zero-order chi connectivity index (χ0) is 15.7. The highest BCUT2D eigenvalue weighted by atomic mass is 16.2. The van der Waals surface area contributed by atoms with Crippen LogP contribution in [0.2, 0.25) is 0 Å². The van der Waals surface area contributed by atoms with Crippen LogP contribution in [0.25, 0.3) is 0 Å². The van der Waals surface area contributed by atoms with Crippen molar-refractivity contribution >= 4 is 5.91 Å². The molecule has 3 nitrogen and oxygen atoms in total. The van der Waals surface area contributed by atoms with Gasteiger partial charge in [-0.05, 0) is 38.8 Å². The molecule has 0 unspecified atom stereocenters. The van der Waals surface area contributed by atoms with Crippen LogP contribution in [-0.2, 0) is 4.79 Å². The summed E-state index contributed by atoms with van der Waals surface area (Å²) < 4.78 is 0. The first kappa shape index (κ1) is 15.5. The predicted octanol–water partition coefficient (Wildman–Crippen LogP) is 3.61. The molecular weight excluding hydrogens is 272 g/mol. The summed E-state index contributed by atoms with van der Waals surface area (Å²) in [6.45, 7) is 4.96. The second-order valence-corrected chi connectivity index (χ2v) is 7.19. The van der Waals surface area contributed by atoms with Crippen LogP contribution < -0.4 is 0 Å². The number of likely N-dealkylation sites (tertiary alicyclic amines) is 2. The third-order valence-corrected chi connectivity index (χ3v) is 5.85. The highest BCUT2D eigenvalue weighted by Gasteiger charge is 2.51. The van der Waals surface area contributed by atoms with E-state index in [1.54, 1.807) is 6.92 Å². The van der Waals surface area contributed by atoms with E-state index in [1.165, 1.54) is 24.8 Å². The lowest BCUT2D eigenvalue weighted by molar-refractivity contribution is -0.136. The summed E-state index contributed by atoms with van der Waals surface area (Å²) in [6.07, 6.45) is 5.89. The monoisotopic (exact) mass is 300 g/mol. The minimum Gasteiger partial charge on any atom is -0.336 e. The molecular formula is C19H28N2O. The number of carbonyl (C=O) groups excluding carboxylic acids is 1. The molecule has 0 radical (unpaired) electrons. The normalized spacial score (nSPS) is 33.1. The number of fused-ring (bicyclic) bond motifs is 1. The highest BCUT2D eigenvalue weighted by molar-refractivity contribution is 5.74. The van der Waals surface area contributed by atoms with Gasteiger partial charge in [-0.1, -0.05) is 43.2 Å². The molecule has 0 bridgehead atoms. The van der Waals surface area contributed by atoms with E-state index in [0.29, 0.717) is 12.1 Å². The summed E-state index contributed by atoms with van der Waals surface area (Å²) in [5.74, 6) is 0.233. The topological polar surface area (TPSA) is 23.6 Å².